The third-order valence-corrected chi connectivity index (χ3v) is 1.98. The van der Waals surface area contributed by atoms with Crippen molar-refractivity contribution in [2.24, 2.45) is 0 Å². The molecule has 0 aliphatic rings. The van der Waals surface area contributed by atoms with Gasteiger partial charge in [0.15, 0.2) is 5.76 Å². The van der Waals surface area contributed by atoms with Gasteiger partial charge in [-0.3, -0.25) is 4.79 Å². The predicted octanol–water partition coefficient (Wildman–Crippen LogP) is 1.72. The molecule has 4 heteroatoms. The second kappa shape index (κ2) is 3.49. The van der Waals surface area contributed by atoms with Gasteiger partial charge < -0.3 is 14.6 Å². The molecule has 0 radical (unpaired) electrons. The van der Waals surface area contributed by atoms with Crippen LogP contribution in [0.3, 0.4) is 0 Å². The highest BCUT2D eigenvalue weighted by Crippen LogP contribution is 2.26. The number of hydrogen-bond donors (Lipinski definition) is 2. The van der Waals surface area contributed by atoms with Gasteiger partial charge in [0.2, 0.25) is 11.2 Å². The molecule has 15 heavy (non-hydrogen) atoms. The molecule has 76 valence electrons. The van der Waals surface area contributed by atoms with Crippen molar-refractivity contribution in [2.75, 3.05) is 0 Å². The van der Waals surface area contributed by atoms with E-state index in [2.05, 4.69) is 0 Å². The molecule has 0 aliphatic carbocycles. The second-order valence-electron chi connectivity index (χ2n) is 3.01. The summed E-state index contributed by atoms with van der Waals surface area (Å²) >= 11 is 0. The van der Waals surface area contributed by atoms with Crippen molar-refractivity contribution in [1.29, 1.82) is 0 Å². The van der Waals surface area contributed by atoms with Gasteiger partial charge in [-0.15, -0.1) is 0 Å². The summed E-state index contributed by atoms with van der Waals surface area (Å²) in [6.45, 7) is 0. The van der Waals surface area contributed by atoms with Crippen LogP contribution in [0.5, 0.6) is 11.5 Å². The highest BCUT2D eigenvalue weighted by molar-refractivity contribution is 5.64. The van der Waals surface area contributed by atoms with Crippen LogP contribution in [0.25, 0.3) is 11.3 Å². The van der Waals surface area contributed by atoms with E-state index in [0.717, 1.165) is 6.07 Å². The van der Waals surface area contributed by atoms with Gasteiger partial charge in [0.05, 0.1) is 6.26 Å². The SMILES string of the molecule is O=c1ccoc(-c2ccc(O)cc2)c1O. The quantitative estimate of drug-likeness (QED) is 0.741. The number of rotatable bonds is 1. The Morgan fingerprint density at radius 3 is 2.33 bits per heavy atom. The largest absolute Gasteiger partial charge is 0.508 e. The first-order chi connectivity index (χ1) is 7.18. The van der Waals surface area contributed by atoms with Crippen LogP contribution in [0.4, 0.5) is 0 Å². The van der Waals surface area contributed by atoms with E-state index in [4.69, 9.17) is 9.52 Å². The van der Waals surface area contributed by atoms with Crippen molar-refractivity contribution in [3.8, 4) is 22.8 Å². The molecule has 0 spiro atoms. The van der Waals surface area contributed by atoms with Gasteiger partial charge in [0.25, 0.3) is 0 Å². The van der Waals surface area contributed by atoms with Crippen molar-refractivity contribution in [3.05, 3.63) is 46.8 Å². The minimum absolute atomic E-state index is 0.0995. The fourth-order valence-corrected chi connectivity index (χ4v) is 1.23. The van der Waals surface area contributed by atoms with Crippen LogP contribution in [0.15, 0.2) is 45.8 Å². The topological polar surface area (TPSA) is 70.7 Å². The molecule has 0 fully saturated rings. The lowest BCUT2D eigenvalue weighted by atomic mass is 10.1. The number of aromatic hydroxyl groups is 2. The number of phenolic OH excluding ortho intramolecular Hbond substituents is 1. The van der Waals surface area contributed by atoms with Gasteiger partial charge in [-0.2, -0.15) is 0 Å². The first-order valence-corrected chi connectivity index (χ1v) is 4.28. The van der Waals surface area contributed by atoms with E-state index in [-0.39, 0.29) is 11.5 Å². The van der Waals surface area contributed by atoms with Gasteiger partial charge in [0.1, 0.15) is 5.75 Å². The van der Waals surface area contributed by atoms with Gasteiger partial charge >= 0.3 is 0 Å². The Labute approximate surface area is 85.0 Å². The summed E-state index contributed by atoms with van der Waals surface area (Å²) in [6, 6.07) is 7.13. The molecule has 1 heterocycles. The number of phenols is 1. The molecule has 0 amide bonds. The average molecular weight is 204 g/mol. The zero-order valence-electron chi connectivity index (χ0n) is 7.68. The Bertz CT molecular complexity index is 525. The summed E-state index contributed by atoms with van der Waals surface area (Å²) in [4.78, 5) is 11.1. The second-order valence-corrected chi connectivity index (χ2v) is 3.01. The maximum atomic E-state index is 11.1. The first kappa shape index (κ1) is 9.33. The van der Waals surface area contributed by atoms with Crippen LogP contribution in [0, 0.1) is 0 Å². The summed E-state index contributed by atoms with van der Waals surface area (Å²) < 4.78 is 5.03. The van der Waals surface area contributed by atoms with Crippen molar-refractivity contribution >= 4 is 0 Å². The monoisotopic (exact) mass is 204 g/mol. The molecule has 0 unspecified atom stereocenters. The smallest absolute Gasteiger partial charge is 0.227 e. The molecule has 0 saturated heterocycles. The van der Waals surface area contributed by atoms with E-state index in [9.17, 15) is 9.90 Å². The van der Waals surface area contributed by atoms with Crippen molar-refractivity contribution in [2.45, 2.75) is 0 Å². The van der Waals surface area contributed by atoms with Crippen LogP contribution in [0.1, 0.15) is 0 Å². The molecule has 2 aromatic rings. The minimum Gasteiger partial charge on any atom is -0.508 e. The van der Waals surface area contributed by atoms with Crippen LogP contribution < -0.4 is 5.43 Å². The normalized spacial score (nSPS) is 10.1. The summed E-state index contributed by atoms with van der Waals surface area (Å²) in [5.41, 5.74) is 0.0346. The molecule has 0 aliphatic heterocycles. The first-order valence-electron chi connectivity index (χ1n) is 4.28. The summed E-state index contributed by atoms with van der Waals surface area (Å²) in [6.07, 6.45) is 1.21. The van der Waals surface area contributed by atoms with E-state index < -0.39 is 11.2 Å². The highest BCUT2D eigenvalue weighted by atomic mass is 16.4. The summed E-state index contributed by atoms with van der Waals surface area (Å²) in [7, 11) is 0. The van der Waals surface area contributed by atoms with E-state index in [1.165, 1.54) is 18.4 Å². The lowest BCUT2D eigenvalue weighted by Gasteiger charge is -2.01. The van der Waals surface area contributed by atoms with Gasteiger partial charge in [-0.25, -0.2) is 0 Å². The fourth-order valence-electron chi connectivity index (χ4n) is 1.23. The predicted molar refractivity (Wildman–Crippen MR) is 53.7 cm³/mol. The lowest BCUT2D eigenvalue weighted by molar-refractivity contribution is 0.438. The molecule has 1 aromatic heterocycles. The molecular formula is C11H8O4. The third-order valence-electron chi connectivity index (χ3n) is 1.98. The van der Waals surface area contributed by atoms with E-state index in [0.29, 0.717) is 5.56 Å². The molecule has 1 aromatic carbocycles. The van der Waals surface area contributed by atoms with E-state index >= 15 is 0 Å². The van der Waals surface area contributed by atoms with Crippen LogP contribution in [-0.2, 0) is 0 Å². The van der Waals surface area contributed by atoms with Crippen LogP contribution in [-0.4, -0.2) is 10.2 Å². The van der Waals surface area contributed by atoms with Gasteiger partial charge in [-0.1, -0.05) is 0 Å². The fraction of sp³-hybridized carbons (Fsp3) is 0. The molecule has 2 N–H and O–H groups in total. The van der Waals surface area contributed by atoms with Crippen molar-refractivity contribution in [3.63, 3.8) is 0 Å². The molecule has 0 saturated carbocycles. The van der Waals surface area contributed by atoms with Crippen molar-refractivity contribution < 1.29 is 14.6 Å². The Balaban J connectivity index is 2.59. The summed E-state index contributed by atoms with van der Waals surface area (Å²) in [5.74, 6) is -0.220. The Hall–Kier alpha value is -2.23. The Morgan fingerprint density at radius 2 is 1.67 bits per heavy atom. The average Bonchev–Trinajstić information content (AvgIpc) is 2.24. The number of benzene rings is 1. The lowest BCUT2D eigenvalue weighted by Crippen LogP contribution is -1.97. The standard InChI is InChI=1S/C11H8O4/c12-8-3-1-7(2-4-8)11-10(14)9(13)5-6-15-11/h1-6,12,14H. The molecule has 0 atom stereocenters. The zero-order valence-corrected chi connectivity index (χ0v) is 7.68. The Morgan fingerprint density at radius 1 is 1.00 bits per heavy atom. The Kier molecular flexibility index (Phi) is 2.17. The maximum Gasteiger partial charge on any atom is 0.227 e. The molecule has 2 rings (SSSR count). The van der Waals surface area contributed by atoms with Crippen molar-refractivity contribution in [1.82, 2.24) is 0 Å². The van der Waals surface area contributed by atoms with Gasteiger partial charge in [0, 0.05) is 11.6 Å². The van der Waals surface area contributed by atoms with Gasteiger partial charge in [-0.05, 0) is 24.3 Å². The van der Waals surface area contributed by atoms with E-state index in [1.807, 2.05) is 0 Å². The molecular weight excluding hydrogens is 196 g/mol. The highest BCUT2D eigenvalue weighted by Gasteiger charge is 2.09. The molecule has 0 bridgehead atoms. The summed E-state index contributed by atoms with van der Waals surface area (Å²) in [5, 5.41) is 18.5. The third kappa shape index (κ3) is 1.69. The van der Waals surface area contributed by atoms with E-state index in [1.54, 1.807) is 12.1 Å². The minimum atomic E-state index is -0.496. The maximum absolute atomic E-state index is 11.1. The molecule has 4 nitrogen and oxygen atoms in total. The number of hydrogen-bond acceptors (Lipinski definition) is 4. The van der Waals surface area contributed by atoms with Crippen LogP contribution in [0.2, 0.25) is 0 Å². The van der Waals surface area contributed by atoms with Crippen LogP contribution >= 0.6 is 0 Å². The zero-order chi connectivity index (χ0) is 10.8.